The lowest BCUT2D eigenvalue weighted by Gasteiger charge is -2.35. The zero-order chi connectivity index (χ0) is 43.7. The third-order valence-corrected chi connectivity index (χ3v) is 14.2. The summed E-state index contributed by atoms with van der Waals surface area (Å²) in [7, 11) is 0. The van der Waals surface area contributed by atoms with Gasteiger partial charge in [0.15, 0.2) is 5.82 Å². The Labute approximate surface area is 366 Å². The molecule has 1 fully saturated rings. The maximum absolute atomic E-state index is 14.1. The van der Waals surface area contributed by atoms with Gasteiger partial charge in [0.1, 0.15) is 29.0 Å². The Morgan fingerprint density at radius 2 is 1.64 bits per heavy atom. The molecule has 7 rings (SSSR count). The molecule has 5 atom stereocenters. The van der Waals surface area contributed by atoms with Crippen molar-refractivity contribution in [3.8, 4) is 15.4 Å². The lowest BCUT2D eigenvalue weighted by Crippen LogP contribution is -2.57. The van der Waals surface area contributed by atoms with Crippen molar-refractivity contribution in [3.05, 3.63) is 104 Å². The molecule has 5 heterocycles. The van der Waals surface area contributed by atoms with E-state index in [0.717, 1.165) is 74.4 Å². The van der Waals surface area contributed by atoms with Crippen LogP contribution in [0.3, 0.4) is 0 Å². The van der Waals surface area contributed by atoms with Crippen molar-refractivity contribution in [1.29, 1.82) is 0 Å². The number of nitrogens with zero attached hydrogens (tertiary/aromatic N) is 6. The van der Waals surface area contributed by atoms with Gasteiger partial charge in [-0.05, 0) is 88.5 Å². The molecule has 0 bridgehead atoms. The first kappa shape index (κ1) is 44.0. The van der Waals surface area contributed by atoms with Crippen LogP contribution in [-0.2, 0) is 20.8 Å². The van der Waals surface area contributed by atoms with E-state index in [2.05, 4.69) is 75.4 Å². The number of hydrogen-bond acceptors (Lipinski definition) is 10. The third kappa shape index (κ3) is 9.41. The van der Waals surface area contributed by atoms with Crippen molar-refractivity contribution in [3.63, 3.8) is 0 Å². The van der Waals surface area contributed by atoms with Crippen LogP contribution < -0.4 is 10.6 Å². The Bertz CT molecular complexity index is 2420. The largest absolute Gasteiger partial charge is 0.391 e. The van der Waals surface area contributed by atoms with Crippen LogP contribution in [0.15, 0.2) is 59.0 Å². The second kappa shape index (κ2) is 18.1. The van der Waals surface area contributed by atoms with Gasteiger partial charge in [0.25, 0.3) is 0 Å². The van der Waals surface area contributed by atoms with E-state index in [1.54, 1.807) is 22.7 Å². The molecule has 2 aliphatic rings. The number of amides is 3. The molecule has 5 aromatic rings. The first-order valence-electron chi connectivity index (χ1n) is 21.3. The summed E-state index contributed by atoms with van der Waals surface area (Å²) in [5.41, 5.74) is 9.82. The fraction of sp³-hybridized carbons (Fsp3) is 0.468. The van der Waals surface area contributed by atoms with Gasteiger partial charge in [-0.15, -0.1) is 32.9 Å². The van der Waals surface area contributed by atoms with Gasteiger partial charge in [0.05, 0.1) is 33.9 Å². The molecule has 3 amide bonds. The molecule has 0 saturated carbocycles. The molecule has 2 aliphatic heterocycles. The number of aliphatic hydroxyl groups excluding tert-OH is 1. The fourth-order valence-corrected chi connectivity index (χ4v) is 10.4. The van der Waals surface area contributed by atoms with E-state index < -0.39 is 23.6 Å². The lowest BCUT2D eigenvalue weighted by atomic mass is 9.85. The van der Waals surface area contributed by atoms with Crippen LogP contribution >= 0.6 is 22.7 Å². The molecular formula is C47H58N8O4S2. The molecular weight excluding hydrogens is 805 g/mol. The second-order valence-electron chi connectivity index (χ2n) is 17.7. The first-order chi connectivity index (χ1) is 29.0. The number of aliphatic hydroxyl groups is 1. The highest BCUT2D eigenvalue weighted by molar-refractivity contribution is 7.15. The third-order valence-electron chi connectivity index (χ3n) is 12.0. The van der Waals surface area contributed by atoms with E-state index in [4.69, 9.17) is 4.99 Å². The topological polar surface area (TPSA) is 155 Å². The fourth-order valence-electron chi connectivity index (χ4n) is 8.35. The highest BCUT2D eigenvalue weighted by Gasteiger charge is 2.44. The molecule has 0 spiro atoms. The van der Waals surface area contributed by atoms with Crippen LogP contribution in [0.4, 0.5) is 0 Å². The summed E-state index contributed by atoms with van der Waals surface area (Å²) in [6.45, 7) is 18.0. The Morgan fingerprint density at radius 3 is 2.31 bits per heavy atom. The number of benzene rings is 2. The number of aromatic nitrogens is 4. The number of aliphatic imine (C=N–C) groups is 1. The monoisotopic (exact) mass is 862 g/mol. The molecule has 3 aromatic heterocycles. The highest BCUT2D eigenvalue weighted by Crippen LogP contribution is 2.39. The van der Waals surface area contributed by atoms with Crippen molar-refractivity contribution >= 4 is 46.1 Å². The number of hydrogen-bond donors (Lipinski definition) is 3. The molecule has 2 aromatic carbocycles. The normalized spacial score (nSPS) is 18.5. The van der Waals surface area contributed by atoms with Crippen LogP contribution in [0, 0.1) is 33.1 Å². The molecule has 1 unspecified atom stereocenters. The maximum atomic E-state index is 14.1. The zero-order valence-electron chi connectivity index (χ0n) is 36.7. The van der Waals surface area contributed by atoms with Crippen LogP contribution in [0.25, 0.3) is 15.4 Å². The van der Waals surface area contributed by atoms with Gasteiger partial charge in [-0.2, -0.15) is 0 Å². The van der Waals surface area contributed by atoms with Gasteiger partial charge in [-0.1, -0.05) is 75.7 Å². The standard InChI is InChI=1S/C47H58N8O4S2/c1-26-30(5)61-46-39(26)40(49-29(4)43-53-52-31(6)55(43)46)34-17-15-32(16-18-34)13-11-10-12-14-38(57)51-42(47(7,8)9)45(59)54-24-36(56)23-37(54)44(58)50-27(2)33-19-21-35(22-20-33)41-28(3)48-25-60-41/h15-22,25,27,29,36-37,42,56H,10-14,23-24H2,1-9H3,(H,50,58)(H,51,57)/t27-,29-,36+,37-,42?/m0/s1. The quantitative estimate of drug-likeness (QED) is 0.101. The molecule has 1 saturated heterocycles. The average Bonchev–Trinajstić information content (AvgIpc) is 3.99. The molecule has 61 heavy (non-hydrogen) atoms. The van der Waals surface area contributed by atoms with Crippen molar-refractivity contribution < 1.29 is 19.5 Å². The minimum Gasteiger partial charge on any atom is -0.391 e. The van der Waals surface area contributed by atoms with E-state index in [1.165, 1.54) is 20.9 Å². The summed E-state index contributed by atoms with van der Waals surface area (Å²) in [6, 6.07) is 14.5. The molecule has 322 valence electrons. The maximum Gasteiger partial charge on any atom is 0.246 e. The number of unbranched alkanes of at least 4 members (excludes halogenated alkanes) is 2. The van der Waals surface area contributed by atoms with Gasteiger partial charge in [0.2, 0.25) is 17.7 Å². The Kier molecular flexibility index (Phi) is 13.1. The van der Waals surface area contributed by atoms with Crippen LogP contribution in [0.2, 0.25) is 0 Å². The number of thiophene rings is 1. The van der Waals surface area contributed by atoms with E-state index in [1.807, 2.05) is 71.3 Å². The van der Waals surface area contributed by atoms with E-state index in [0.29, 0.717) is 6.42 Å². The zero-order valence-corrected chi connectivity index (χ0v) is 38.3. The number of rotatable bonds is 13. The summed E-state index contributed by atoms with van der Waals surface area (Å²) in [5, 5.41) is 26.7. The number of aryl methyl sites for hydroxylation is 4. The number of thiazole rings is 1. The van der Waals surface area contributed by atoms with E-state index in [9.17, 15) is 19.5 Å². The number of carbonyl (C=O) groups excluding carboxylic acids is 3. The number of nitrogens with one attached hydrogen (secondary N) is 2. The van der Waals surface area contributed by atoms with Gasteiger partial charge in [-0.3, -0.25) is 23.9 Å². The Hall–Kier alpha value is -5.05. The predicted octanol–water partition coefficient (Wildman–Crippen LogP) is 8.07. The van der Waals surface area contributed by atoms with Gasteiger partial charge in [-0.25, -0.2) is 4.98 Å². The average molecular weight is 863 g/mol. The Balaban J connectivity index is 0.909. The summed E-state index contributed by atoms with van der Waals surface area (Å²) >= 11 is 3.35. The van der Waals surface area contributed by atoms with Gasteiger partial charge in [0, 0.05) is 35.4 Å². The SMILES string of the molecule is Cc1ncsc1-c1ccc([C@H](C)NC(=O)[C@@H]2C[C@@H](O)CN2C(=O)C(NC(=O)CCCCCc2ccc(C3=N[C@@H](C)c4nnc(C)n4-c4sc(C)c(C)c43)cc2)C(C)(C)C)cc1. The number of fused-ring (bicyclic) bond motifs is 3. The lowest BCUT2D eigenvalue weighted by molar-refractivity contribution is -0.144. The smallest absolute Gasteiger partial charge is 0.246 e. The minimum absolute atomic E-state index is 0.0303. The van der Waals surface area contributed by atoms with Crippen LogP contribution in [-0.4, -0.2) is 77.9 Å². The molecule has 0 aliphatic carbocycles. The van der Waals surface area contributed by atoms with Crippen molar-refractivity contribution in [1.82, 2.24) is 35.3 Å². The highest BCUT2D eigenvalue weighted by atomic mass is 32.1. The van der Waals surface area contributed by atoms with Crippen molar-refractivity contribution in [2.75, 3.05) is 6.54 Å². The molecule has 0 radical (unpaired) electrons. The molecule has 14 heteroatoms. The van der Waals surface area contributed by atoms with E-state index in [-0.39, 0.29) is 49.2 Å². The first-order valence-corrected chi connectivity index (χ1v) is 23.0. The van der Waals surface area contributed by atoms with Gasteiger partial charge >= 0.3 is 0 Å². The summed E-state index contributed by atoms with van der Waals surface area (Å²) in [6.07, 6.45) is 2.92. The number of likely N-dealkylation sites (tertiary alicyclic amines) is 1. The van der Waals surface area contributed by atoms with E-state index >= 15 is 0 Å². The summed E-state index contributed by atoms with van der Waals surface area (Å²) in [5.74, 6) is 0.826. The summed E-state index contributed by atoms with van der Waals surface area (Å²) in [4.78, 5) is 54.5. The number of β-amino-alcohol motifs (C(OH)–C–C–N with tert-alkyl or cyclic N) is 1. The summed E-state index contributed by atoms with van der Waals surface area (Å²) < 4.78 is 2.15. The molecule has 3 N–H and O–H groups in total. The predicted molar refractivity (Wildman–Crippen MR) is 242 cm³/mol. The minimum atomic E-state index is -0.861. The van der Waals surface area contributed by atoms with Crippen molar-refractivity contribution in [2.45, 2.75) is 131 Å². The van der Waals surface area contributed by atoms with Crippen molar-refractivity contribution in [2.24, 2.45) is 10.4 Å². The Morgan fingerprint density at radius 1 is 0.934 bits per heavy atom. The second-order valence-corrected chi connectivity index (χ2v) is 19.8. The number of carbonyl (C=O) groups is 3. The molecule has 12 nitrogen and oxygen atoms in total. The van der Waals surface area contributed by atoms with Crippen LogP contribution in [0.1, 0.15) is 129 Å². The van der Waals surface area contributed by atoms with Gasteiger partial charge < -0.3 is 20.6 Å². The van der Waals surface area contributed by atoms with Crippen LogP contribution in [0.5, 0.6) is 0 Å².